The minimum absolute atomic E-state index is 0.127. The molecule has 1 unspecified atom stereocenters. The molecule has 1 fully saturated rings. The van der Waals surface area contributed by atoms with Gasteiger partial charge in [-0.15, -0.1) is 0 Å². The molecule has 0 aromatic carbocycles. The van der Waals surface area contributed by atoms with Crippen molar-refractivity contribution >= 4 is 0 Å². The normalized spacial score (nSPS) is 32.3. The Hall–Kier alpha value is -0.800. The van der Waals surface area contributed by atoms with Crippen LogP contribution in [-0.4, -0.2) is 24.3 Å². The van der Waals surface area contributed by atoms with E-state index in [1.54, 1.807) is 0 Å². The van der Waals surface area contributed by atoms with E-state index in [1.807, 2.05) is 0 Å². The lowest BCUT2D eigenvalue weighted by Gasteiger charge is -2.34. The Labute approximate surface area is 77.7 Å². The number of fused-ring (bicyclic) bond motifs is 2. The first-order valence-corrected chi connectivity index (χ1v) is 4.89. The van der Waals surface area contributed by atoms with Crippen molar-refractivity contribution in [3.05, 3.63) is 24.0 Å². The highest BCUT2D eigenvalue weighted by molar-refractivity contribution is 5.22. The molecule has 0 bridgehead atoms. The Morgan fingerprint density at radius 2 is 2.54 bits per heavy atom. The second kappa shape index (κ2) is 2.59. The maximum atomic E-state index is 5.49. The van der Waals surface area contributed by atoms with Gasteiger partial charge in [-0.05, 0) is 18.6 Å². The fourth-order valence-corrected chi connectivity index (χ4v) is 2.46. The van der Waals surface area contributed by atoms with Crippen molar-refractivity contribution < 1.29 is 4.74 Å². The molecule has 1 spiro atoms. The van der Waals surface area contributed by atoms with Crippen molar-refractivity contribution in [3.8, 4) is 0 Å². The molecular formula is C10H14N2O. The summed E-state index contributed by atoms with van der Waals surface area (Å²) in [6, 6.07) is 4.34. The predicted octanol–water partition coefficient (Wildman–Crippen LogP) is 0.707. The molecule has 1 aromatic heterocycles. The SMILES string of the molecule is c1cc2n(c1)CCNC21CCOC1. The van der Waals surface area contributed by atoms with Crippen molar-refractivity contribution in [2.24, 2.45) is 0 Å². The van der Waals surface area contributed by atoms with E-state index in [9.17, 15) is 0 Å². The van der Waals surface area contributed by atoms with Crippen LogP contribution in [0, 0.1) is 0 Å². The number of aromatic nitrogens is 1. The Morgan fingerprint density at radius 1 is 1.54 bits per heavy atom. The molecule has 3 rings (SSSR count). The van der Waals surface area contributed by atoms with Crippen molar-refractivity contribution in [2.45, 2.75) is 18.5 Å². The minimum atomic E-state index is 0.127. The van der Waals surface area contributed by atoms with E-state index in [4.69, 9.17) is 4.74 Å². The number of hydrogen-bond acceptors (Lipinski definition) is 2. The van der Waals surface area contributed by atoms with E-state index in [-0.39, 0.29) is 5.54 Å². The zero-order valence-corrected chi connectivity index (χ0v) is 7.62. The summed E-state index contributed by atoms with van der Waals surface area (Å²) in [7, 11) is 0. The van der Waals surface area contributed by atoms with Gasteiger partial charge in [0.2, 0.25) is 0 Å². The first-order chi connectivity index (χ1) is 6.41. The lowest BCUT2D eigenvalue weighted by molar-refractivity contribution is 0.157. The largest absolute Gasteiger partial charge is 0.379 e. The van der Waals surface area contributed by atoms with Crippen molar-refractivity contribution in [1.29, 1.82) is 0 Å². The van der Waals surface area contributed by atoms with E-state index in [2.05, 4.69) is 28.2 Å². The summed E-state index contributed by atoms with van der Waals surface area (Å²) in [5.74, 6) is 0. The molecule has 1 atom stereocenters. The zero-order chi connectivity index (χ0) is 8.73. The highest BCUT2D eigenvalue weighted by atomic mass is 16.5. The lowest BCUT2D eigenvalue weighted by atomic mass is 9.93. The number of nitrogens with zero attached hydrogens (tertiary/aromatic N) is 1. The van der Waals surface area contributed by atoms with Crippen LogP contribution in [0.4, 0.5) is 0 Å². The van der Waals surface area contributed by atoms with Gasteiger partial charge in [-0.2, -0.15) is 0 Å². The molecule has 13 heavy (non-hydrogen) atoms. The van der Waals surface area contributed by atoms with Gasteiger partial charge in [-0.3, -0.25) is 0 Å². The average molecular weight is 178 g/mol. The summed E-state index contributed by atoms with van der Waals surface area (Å²) in [5.41, 5.74) is 1.53. The molecule has 1 aromatic rings. The Bertz CT molecular complexity index is 312. The lowest BCUT2D eigenvalue weighted by Crippen LogP contribution is -2.49. The molecule has 0 saturated carbocycles. The van der Waals surface area contributed by atoms with Gasteiger partial charge in [0, 0.05) is 31.6 Å². The maximum Gasteiger partial charge on any atom is 0.0847 e. The molecule has 0 aliphatic carbocycles. The fourth-order valence-electron chi connectivity index (χ4n) is 2.46. The molecule has 1 N–H and O–H groups in total. The summed E-state index contributed by atoms with van der Waals surface area (Å²) in [6.07, 6.45) is 3.27. The highest BCUT2D eigenvalue weighted by Crippen LogP contribution is 2.32. The van der Waals surface area contributed by atoms with Crippen LogP contribution in [0.15, 0.2) is 18.3 Å². The first-order valence-electron chi connectivity index (χ1n) is 4.89. The maximum absolute atomic E-state index is 5.49. The zero-order valence-electron chi connectivity index (χ0n) is 7.62. The summed E-state index contributed by atoms with van der Waals surface area (Å²) >= 11 is 0. The monoisotopic (exact) mass is 178 g/mol. The van der Waals surface area contributed by atoms with Gasteiger partial charge in [-0.1, -0.05) is 0 Å². The average Bonchev–Trinajstić information content (AvgIpc) is 2.74. The summed E-state index contributed by atoms with van der Waals surface area (Å²) in [4.78, 5) is 0. The van der Waals surface area contributed by atoms with Crippen LogP contribution in [0.5, 0.6) is 0 Å². The van der Waals surface area contributed by atoms with Gasteiger partial charge < -0.3 is 14.6 Å². The van der Waals surface area contributed by atoms with Crippen LogP contribution in [-0.2, 0) is 16.8 Å². The van der Waals surface area contributed by atoms with Gasteiger partial charge in [0.15, 0.2) is 0 Å². The summed E-state index contributed by atoms with van der Waals surface area (Å²) in [6.45, 7) is 3.87. The summed E-state index contributed by atoms with van der Waals surface area (Å²) < 4.78 is 7.83. The van der Waals surface area contributed by atoms with Gasteiger partial charge in [0.25, 0.3) is 0 Å². The Morgan fingerprint density at radius 3 is 3.38 bits per heavy atom. The standard InChI is InChI=1S/C10H14N2O/c1-2-9-10(3-7-13-8-10)11-4-6-12(9)5-1/h1-2,5,11H,3-4,6-8H2. The van der Waals surface area contributed by atoms with E-state index < -0.39 is 0 Å². The van der Waals surface area contributed by atoms with Crippen LogP contribution in [0.3, 0.4) is 0 Å². The van der Waals surface area contributed by atoms with Gasteiger partial charge >= 0.3 is 0 Å². The molecule has 70 valence electrons. The molecule has 0 radical (unpaired) electrons. The quantitative estimate of drug-likeness (QED) is 0.633. The number of ether oxygens (including phenoxy) is 1. The third-order valence-electron chi connectivity index (χ3n) is 3.16. The van der Waals surface area contributed by atoms with Gasteiger partial charge in [0.05, 0.1) is 12.1 Å². The second-order valence-electron chi connectivity index (χ2n) is 3.90. The molecule has 3 heteroatoms. The van der Waals surface area contributed by atoms with E-state index in [0.29, 0.717) is 0 Å². The van der Waals surface area contributed by atoms with Crippen LogP contribution < -0.4 is 5.32 Å². The topological polar surface area (TPSA) is 26.2 Å². The highest BCUT2D eigenvalue weighted by Gasteiger charge is 2.40. The van der Waals surface area contributed by atoms with E-state index in [0.717, 1.165) is 32.7 Å². The first kappa shape index (κ1) is 7.59. The van der Waals surface area contributed by atoms with Crippen molar-refractivity contribution in [3.63, 3.8) is 0 Å². The number of hydrogen-bond donors (Lipinski definition) is 1. The number of rotatable bonds is 0. The smallest absolute Gasteiger partial charge is 0.0847 e. The van der Waals surface area contributed by atoms with E-state index >= 15 is 0 Å². The van der Waals surface area contributed by atoms with Crippen LogP contribution in [0.1, 0.15) is 12.1 Å². The summed E-state index contributed by atoms with van der Waals surface area (Å²) in [5, 5.41) is 3.59. The molecule has 3 nitrogen and oxygen atoms in total. The molecular weight excluding hydrogens is 164 g/mol. The molecule has 2 aliphatic heterocycles. The van der Waals surface area contributed by atoms with Crippen LogP contribution in [0.25, 0.3) is 0 Å². The predicted molar refractivity (Wildman–Crippen MR) is 49.5 cm³/mol. The van der Waals surface area contributed by atoms with Crippen LogP contribution >= 0.6 is 0 Å². The third kappa shape index (κ3) is 0.974. The third-order valence-corrected chi connectivity index (χ3v) is 3.16. The van der Waals surface area contributed by atoms with Gasteiger partial charge in [-0.25, -0.2) is 0 Å². The Kier molecular flexibility index (Phi) is 1.51. The number of nitrogens with one attached hydrogen (secondary N) is 1. The van der Waals surface area contributed by atoms with E-state index in [1.165, 1.54) is 5.69 Å². The molecule has 0 amide bonds. The minimum Gasteiger partial charge on any atom is -0.379 e. The fraction of sp³-hybridized carbons (Fsp3) is 0.600. The van der Waals surface area contributed by atoms with Crippen molar-refractivity contribution in [1.82, 2.24) is 9.88 Å². The second-order valence-corrected chi connectivity index (χ2v) is 3.90. The molecule has 1 saturated heterocycles. The van der Waals surface area contributed by atoms with Gasteiger partial charge in [0.1, 0.15) is 0 Å². The molecule has 3 heterocycles. The van der Waals surface area contributed by atoms with Crippen molar-refractivity contribution in [2.75, 3.05) is 19.8 Å². The molecule has 2 aliphatic rings. The van der Waals surface area contributed by atoms with Crippen LogP contribution in [0.2, 0.25) is 0 Å². The Balaban J connectivity index is 2.08.